The Morgan fingerprint density at radius 1 is 1.19 bits per heavy atom. The van der Waals surface area contributed by atoms with Crippen LogP contribution in [0.2, 0.25) is 0 Å². The number of fused-ring (bicyclic) bond motifs is 1. The van der Waals surface area contributed by atoms with Crippen molar-refractivity contribution in [3.63, 3.8) is 0 Å². The van der Waals surface area contributed by atoms with Crippen molar-refractivity contribution in [1.82, 2.24) is 10.3 Å². The van der Waals surface area contributed by atoms with Crippen LogP contribution in [0.1, 0.15) is 32.4 Å². The van der Waals surface area contributed by atoms with Gasteiger partial charge in [0.2, 0.25) is 0 Å². The Hall–Kier alpha value is -1.61. The van der Waals surface area contributed by atoms with Crippen molar-refractivity contribution >= 4 is 16.6 Å². The third kappa shape index (κ3) is 3.03. The molecule has 1 N–H and O–H groups in total. The Morgan fingerprint density at radius 3 is 2.62 bits per heavy atom. The highest BCUT2D eigenvalue weighted by Gasteiger charge is 2.26. The molecule has 1 aromatic carbocycles. The smallest absolute Gasteiger partial charge is 0.136 e. The molecule has 0 aliphatic carbocycles. The summed E-state index contributed by atoms with van der Waals surface area (Å²) in [5.74, 6) is 1.16. The summed E-state index contributed by atoms with van der Waals surface area (Å²) in [6, 6.07) is 10.8. The van der Waals surface area contributed by atoms with Crippen LogP contribution in [0, 0.1) is 5.41 Å². The highest BCUT2D eigenvalue weighted by molar-refractivity contribution is 5.92. The zero-order chi connectivity index (χ0) is 14.9. The van der Waals surface area contributed by atoms with Gasteiger partial charge in [-0.2, -0.15) is 0 Å². The standard InChI is InChI=1S/C18H25N3/c1-18(2)8-10-21(11-9-18)17-16-7-5-4-6-14(16)12-15(20-17)13-19-3/h4-7,12,19H,8-11,13H2,1-3H3. The molecule has 2 aromatic rings. The first-order valence-corrected chi connectivity index (χ1v) is 7.87. The van der Waals surface area contributed by atoms with E-state index < -0.39 is 0 Å². The van der Waals surface area contributed by atoms with Gasteiger partial charge in [0.05, 0.1) is 5.69 Å². The summed E-state index contributed by atoms with van der Waals surface area (Å²) < 4.78 is 0. The predicted octanol–water partition coefficient (Wildman–Crippen LogP) is 3.58. The Labute approximate surface area is 127 Å². The van der Waals surface area contributed by atoms with E-state index in [-0.39, 0.29) is 0 Å². The minimum absolute atomic E-state index is 0.467. The minimum atomic E-state index is 0.467. The van der Waals surface area contributed by atoms with Gasteiger partial charge in [-0.05, 0) is 36.8 Å². The lowest BCUT2D eigenvalue weighted by atomic mass is 9.82. The van der Waals surface area contributed by atoms with Gasteiger partial charge in [-0.25, -0.2) is 4.98 Å². The molecule has 112 valence electrons. The third-order valence-corrected chi connectivity index (χ3v) is 4.55. The molecule has 1 aromatic heterocycles. The van der Waals surface area contributed by atoms with E-state index in [1.54, 1.807) is 0 Å². The number of piperidine rings is 1. The average Bonchev–Trinajstić information content (AvgIpc) is 2.47. The summed E-state index contributed by atoms with van der Waals surface area (Å²) >= 11 is 0. The van der Waals surface area contributed by atoms with Gasteiger partial charge in [0, 0.05) is 25.0 Å². The van der Waals surface area contributed by atoms with Crippen molar-refractivity contribution in [2.45, 2.75) is 33.2 Å². The fourth-order valence-electron chi connectivity index (χ4n) is 3.07. The van der Waals surface area contributed by atoms with Crippen molar-refractivity contribution < 1.29 is 0 Å². The summed E-state index contributed by atoms with van der Waals surface area (Å²) in [6.45, 7) is 7.76. The number of hydrogen-bond donors (Lipinski definition) is 1. The number of anilines is 1. The SMILES string of the molecule is CNCc1cc2ccccc2c(N2CCC(C)(C)CC2)n1. The van der Waals surface area contributed by atoms with Crippen molar-refractivity contribution in [2.24, 2.45) is 5.41 Å². The lowest BCUT2D eigenvalue weighted by Gasteiger charge is -2.38. The van der Waals surface area contributed by atoms with E-state index in [0.29, 0.717) is 5.41 Å². The van der Waals surface area contributed by atoms with Gasteiger partial charge in [-0.1, -0.05) is 38.1 Å². The van der Waals surface area contributed by atoms with E-state index in [1.165, 1.54) is 23.6 Å². The number of rotatable bonds is 3. The van der Waals surface area contributed by atoms with Crippen LogP contribution in [0.15, 0.2) is 30.3 Å². The Balaban J connectivity index is 2.00. The largest absolute Gasteiger partial charge is 0.356 e. The summed E-state index contributed by atoms with van der Waals surface area (Å²) in [5.41, 5.74) is 1.59. The van der Waals surface area contributed by atoms with Gasteiger partial charge in [0.25, 0.3) is 0 Å². The Morgan fingerprint density at radius 2 is 1.90 bits per heavy atom. The van der Waals surface area contributed by atoms with Crippen LogP contribution in [-0.4, -0.2) is 25.1 Å². The molecule has 1 aliphatic heterocycles. The van der Waals surface area contributed by atoms with Crippen LogP contribution in [0.3, 0.4) is 0 Å². The van der Waals surface area contributed by atoms with Crippen LogP contribution in [-0.2, 0) is 6.54 Å². The molecule has 3 heteroatoms. The zero-order valence-corrected chi connectivity index (χ0v) is 13.3. The van der Waals surface area contributed by atoms with E-state index in [2.05, 4.69) is 54.4 Å². The number of nitrogens with zero attached hydrogens (tertiary/aromatic N) is 2. The average molecular weight is 283 g/mol. The fraction of sp³-hybridized carbons (Fsp3) is 0.500. The van der Waals surface area contributed by atoms with E-state index in [9.17, 15) is 0 Å². The molecule has 0 spiro atoms. The second-order valence-electron chi connectivity index (χ2n) is 6.84. The van der Waals surface area contributed by atoms with Gasteiger partial charge in [-0.15, -0.1) is 0 Å². The maximum absolute atomic E-state index is 4.93. The second-order valence-corrected chi connectivity index (χ2v) is 6.84. The number of nitrogens with one attached hydrogen (secondary N) is 1. The van der Waals surface area contributed by atoms with E-state index in [1.807, 2.05) is 7.05 Å². The second kappa shape index (κ2) is 5.64. The Bertz CT molecular complexity index is 623. The van der Waals surface area contributed by atoms with Crippen molar-refractivity contribution in [3.8, 4) is 0 Å². The molecular weight excluding hydrogens is 258 g/mol. The molecule has 2 heterocycles. The summed E-state index contributed by atoms with van der Waals surface area (Å²) in [7, 11) is 1.97. The number of hydrogen-bond acceptors (Lipinski definition) is 3. The van der Waals surface area contributed by atoms with Crippen molar-refractivity contribution in [1.29, 1.82) is 0 Å². The lowest BCUT2D eigenvalue weighted by molar-refractivity contribution is 0.279. The van der Waals surface area contributed by atoms with Crippen LogP contribution < -0.4 is 10.2 Å². The molecular formula is C18H25N3. The van der Waals surface area contributed by atoms with Gasteiger partial charge in [-0.3, -0.25) is 0 Å². The first-order chi connectivity index (χ1) is 10.1. The maximum Gasteiger partial charge on any atom is 0.136 e. The molecule has 21 heavy (non-hydrogen) atoms. The molecule has 1 saturated heterocycles. The molecule has 1 fully saturated rings. The lowest BCUT2D eigenvalue weighted by Crippen LogP contribution is -2.38. The Kier molecular flexibility index (Phi) is 3.85. The van der Waals surface area contributed by atoms with Crippen LogP contribution in [0.25, 0.3) is 10.8 Å². The van der Waals surface area contributed by atoms with E-state index in [4.69, 9.17) is 4.98 Å². The quantitative estimate of drug-likeness (QED) is 0.933. The van der Waals surface area contributed by atoms with E-state index in [0.717, 1.165) is 31.1 Å². The zero-order valence-electron chi connectivity index (χ0n) is 13.3. The minimum Gasteiger partial charge on any atom is -0.356 e. The van der Waals surface area contributed by atoms with Gasteiger partial charge in [0.1, 0.15) is 5.82 Å². The number of pyridine rings is 1. The summed E-state index contributed by atoms with van der Waals surface area (Å²) in [5, 5.41) is 5.78. The normalized spacial score (nSPS) is 18.1. The van der Waals surface area contributed by atoms with Gasteiger partial charge in [0.15, 0.2) is 0 Å². The first kappa shape index (κ1) is 14.3. The molecule has 0 unspecified atom stereocenters. The topological polar surface area (TPSA) is 28.2 Å². The predicted molar refractivity (Wildman–Crippen MR) is 89.7 cm³/mol. The number of aromatic nitrogens is 1. The maximum atomic E-state index is 4.93. The fourth-order valence-corrected chi connectivity index (χ4v) is 3.07. The van der Waals surface area contributed by atoms with Crippen LogP contribution in [0.4, 0.5) is 5.82 Å². The van der Waals surface area contributed by atoms with Crippen molar-refractivity contribution in [3.05, 3.63) is 36.0 Å². The molecule has 1 aliphatic rings. The molecule has 0 saturated carbocycles. The van der Waals surface area contributed by atoms with Crippen LogP contribution >= 0.6 is 0 Å². The van der Waals surface area contributed by atoms with Crippen LogP contribution in [0.5, 0.6) is 0 Å². The highest BCUT2D eigenvalue weighted by atomic mass is 15.2. The first-order valence-electron chi connectivity index (χ1n) is 7.87. The molecule has 3 nitrogen and oxygen atoms in total. The molecule has 0 atom stereocenters. The monoisotopic (exact) mass is 283 g/mol. The third-order valence-electron chi connectivity index (χ3n) is 4.55. The molecule has 0 radical (unpaired) electrons. The molecule has 3 rings (SSSR count). The summed E-state index contributed by atoms with van der Waals surface area (Å²) in [6.07, 6.45) is 2.47. The molecule has 0 amide bonds. The molecule has 0 bridgehead atoms. The van der Waals surface area contributed by atoms with E-state index >= 15 is 0 Å². The highest BCUT2D eigenvalue weighted by Crippen LogP contribution is 2.34. The van der Waals surface area contributed by atoms with Crippen molar-refractivity contribution in [2.75, 3.05) is 25.0 Å². The van der Waals surface area contributed by atoms with Gasteiger partial charge >= 0.3 is 0 Å². The summed E-state index contributed by atoms with van der Waals surface area (Å²) in [4.78, 5) is 7.39. The van der Waals surface area contributed by atoms with Gasteiger partial charge < -0.3 is 10.2 Å². The number of benzene rings is 1.